The average Bonchev–Trinajstić information content (AvgIpc) is 2.67. The molecule has 2 rings (SSSR count). The molecule has 0 aliphatic carbocycles. The van der Waals surface area contributed by atoms with Gasteiger partial charge in [0.05, 0.1) is 0 Å². The van der Waals surface area contributed by atoms with Crippen LogP contribution in [0, 0.1) is 39.0 Å². The summed E-state index contributed by atoms with van der Waals surface area (Å²) in [6.07, 6.45) is 1.47. The van der Waals surface area contributed by atoms with E-state index in [0.717, 1.165) is 52.4 Å². The molecule has 0 fully saturated rings. The van der Waals surface area contributed by atoms with Gasteiger partial charge in [-0.25, -0.2) is 0 Å². The van der Waals surface area contributed by atoms with Crippen molar-refractivity contribution >= 4 is 23.0 Å². The summed E-state index contributed by atoms with van der Waals surface area (Å²) < 4.78 is 0. The molecule has 0 spiro atoms. The number of carbonyl (C=O) groups excluding carboxylic acids is 1. The Kier molecular flexibility index (Phi) is 7.44. The van der Waals surface area contributed by atoms with E-state index in [4.69, 9.17) is 0 Å². The third kappa shape index (κ3) is 5.39. The highest BCUT2D eigenvalue weighted by molar-refractivity contribution is 6.07. The van der Waals surface area contributed by atoms with Crippen LogP contribution in [0.5, 0.6) is 0 Å². The Hall–Kier alpha value is -3.26. The topological polar surface area (TPSA) is 68.2 Å². The second-order valence-corrected chi connectivity index (χ2v) is 7.21. The minimum atomic E-state index is -0.424. The summed E-state index contributed by atoms with van der Waals surface area (Å²) >= 11 is 0. The van der Waals surface area contributed by atoms with Crippen LogP contribution in [-0.2, 0) is 4.79 Å². The van der Waals surface area contributed by atoms with E-state index in [0.29, 0.717) is 0 Å². The SMILES string of the molecule is CCN(CC)c1ccc(N/C=C(/C#N)C(=O)Nc2c(C)cc(C)cc2C)c(C)c1. The van der Waals surface area contributed by atoms with Gasteiger partial charge in [0.2, 0.25) is 0 Å². The van der Waals surface area contributed by atoms with E-state index in [1.807, 2.05) is 58.0 Å². The fraction of sp³-hybridized carbons (Fsp3) is 0.333. The first-order valence-electron chi connectivity index (χ1n) is 9.92. The molecule has 2 aromatic carbocycles. The van der Waals surface area contributed by atoms with Crippen LogP contribution in [0.3, 0.4) is 0 Å². The number of amides is 1. The quantitative estimate of drug-likeness (QED) is 0.502. The highest BCUT2D eigenvalue weighted by atomic mass is 16.1. The van der Waals surface area contributed by atoms with Crippen LogP contribution in [0.25, 0.3) is 0 Å². The van der Waals surface area contributed by atoms with Crippen LogP contribution in [0.1, 0.15) is 36.1 Å². The van der Waals surface area contributed by atoms with Gasteiger partial charge in [-0.15, -0.1) is 0 Å². The summed E-state index contributed by atoms with van der Waals surface area (Å²) in [7, 11) is 0. The minimum absolute atomic E-state index is 0.0246. The van der Waals surface area contributed by atoms with Gasteiger partial charge in [0.15, 0.2) is 0 Å². The van der Waals surface area contributed by atoms with Crippen LogP contribution in [0.4, 0.5) is 17.1 Å². The second-order valence-electron chi connectivity index (χ2n) is 7.21. The molecule has 0 radical (unpaired) electrons. The number of aryl methyl sites for hydroxylation is 4. The molecule has 0 saturated heterocycles. The van der Waals surface area contributed by atoms with Gasteiger partial charge in [0, 0.05) is 36.4 Å². The lowest BCUT2D eigenvalue weighted by Gasteiger charge is -2.22. The van der Waals surface area contributed by atoms with Gasteiger partial charge in [-0.1, -0.05) is 17.7 Å². The molecule has 0 atom stereocenters. The van der Waals surface area contributed by atoms with E-state index in [2.05, 4.69) is 35.4 Å². The van der Waals surface area contributed by atoms with E-state index in [-0.39, 0.29) is 5.57 Å². The van der Waals surface area contributed by atoms with Gasteiger partial charge in [-0.2, -0.15) is 5.26 Å². The molecular formula is C24H30N4O. The Morgan fingerprint density at radius 3 is 2.17 bits per heavy atom. The smallest absolute Gasteiger partial charge is 0.267 e. The number of nitriles is 1. The largest absolute Gasteiger partial charge is 0.372 e. The molecule has 0 aliphatic rings. The summed E-state index contributed by atoms with van der Waals surface area (Å²) in [5, 5.41) is 15.4. The van der Waals surface area contributed by atoms with Gasteiger partial charge >= 0.3 is 0 Å². The van der Waals surface area contributed by atoms with Crippen molar-refractivity contribution in [2.75, 3.05) is 28.6 Å². The molecule has 5 heteroatoms. The summed E-state index contributed by atoms with van der Waals surface area (Å²) in [5.74, 6) is -0.424. The zero-order valence-corrected chi connectivity index (χ0v) is 18.2. The van der Waals surface area contributed by atoms with Crippen molar-refractivity contribution in [1.29, 1.82) is 5.26 Å². The molecule has 5 nitrogen and oxygen atoms in total. The molecule has 152 valence electrons. The molecular weight excluding hydrogens is 360 g/mol. The molecule has 0 saturated carbocycles. The van der Waals surface area contributed by atoms with Crippen molar-refractivity contribution in [2.45, 2.75) is 41.5 Å². The fourth-order valence-electron chi connectivity index (χ4n) is 3.45. The maximum atomic E-state index is 12.6. The van der Waals surface area contributed by atoms with E-state index < -0.39 is 5.91 Å². The predicted octanol–water partition coefficient (Wildman–Crippen LogP) is 5.22. The van der Waals surface area contributed by atoms with Crippen molar-refractivity contribution in [2.24, 2.45) is 0 Å². The number of carbonyl (C=O) groups is 1. The third-order valence-corrected chi connectivity index (χ3v) is 4.99. The standard InChI is InChI=1S/C24H30N4O/c1-7-28(8-2)21-9-10-22(17(4)13-21)26-15-20(14-25)24(29)27-23-18(5)11-16(3)12-19(23)6/h9-13,15,26H,7-8H2,1-6H3,(H,27,29)/b20-15-. The summed E-state index contributed by atoms with van der Waals surface area (Å²) in [5.41, 5.74) is 6.94. The van der Waals surface area contributed by atoms with E-state index in [1.54, 1.807) is 0 Å². The Morgan fingerprint density at radius 2 is 1.66 bits per heavy atom. The number of nitrogens with one attached hydrogen (secondary N) is 2. The zero-order valence-electron chi connectivity index (χ0n) is 18.2. The van der Waals surface area contributed by atoms with Gasteiger partial charge in [-0.3, -0.25) is 4.79 Å². The number of rotatable bonds is 7. The Bertz CT molecular complexity index is 942. The van der Waals surface area contributed by atoms with Gasteiger partial charge in [0.25, 0.3) is 5.91 Å². The van der Waals surface area contributed by atoms with Crippen LogP contribution in [-0.4, -0.2) is 19.0 Å². The number of hydrogen-bond acceptors (Lipinski definition) is 4. The van der Waals surface area contributed by atoms with Crippen molar-refractivity contribution in [3.63, 3.8) is 0 Å². The number of benzene rings is 2. The first-order valence-corrected chi connectivity index (χ1v) is 9.92. The zero-order chi connectivity index (χ0) is 21.6. The Morgan fingerprint density at radius 1 is 1.03 bits per heavy atom. The third-order valence-electron chi connectivity index (χ3n) is 4.99. The molecule has 0 aromatic heterocycles. The van der Waals surface area contributed by atoms with Crippen molar-refractivity contribution < 1.29 is 4.79 Å². The fourth-order valence-corrected chi connectivity index (χ4v) is 3.45. The van der Waals surface area contributed by atoms with E-state index in [1.165, 1.54) is 6.20 Å². The number of anilines is 3. The predicted molar refractivity (Wildman–Crippen MR) is 121 cm³/mol. The van der Waals surface area contributed by atoms with Gasteiger partial charge in [0.1, 0.15) is 11.6 Å². The summed E-state index contributed by atoms with van der Waals surface area (Å²) in [6, 6.07) is 12.1. The van der Waals surface area contributed by atoms with Crippen molar-refractivity contribution in [3.05, 3.63) is 64.4 Å². The van der Waals surface area contributed by atoms with Crippen LogP contribution >= 0.6 is 0 Å². The molecule has 2 N–H and O–H groups in total. The van der Waals surface area contributed by atoms with E-state index in [9.17, 15) is 10.1 Å². The molecule has 0 unspecified atom stereocenters. The van der Waals surface area contributed by atoms with Gasteiger partial charge < -0.3 is 15.5 Å². The molecule has 1 amide bonds. The van der Waals surface area contributed by atoms with Crippen LogP contribution in [0.15, 0.2) is 42.1 Å². The Balaban J connectivity index is 2.18. The highest BCUT2D eigenvalue weighted by Gasteiger charge is 2.13. The monoisotopic (exact) mass is 390 g/mol. The minimum Gasteiger partial charge on any atom is -0.372 e. The first-order chi connectivity index (χ1) is 13.8. The lowest BCUT2D eigenvalue weighted by atomic mass is 10.0. The molecule has 2 aromatic rings. The van der Waals surface area contributed by atoms with Gasteiger partial charge in [-0.05, 0) is 76.4 Å². The lowest BCUT2D eigenvalue weighted by molar-refractivity contribution is -0.112. The summed E-state index contributed by atoms with van der Waals surface area (Å²) in [4.78, 5) is 14.9. The molecule has 0 heterocycles. The lowest BCUT2D eigenvalue weighted by Crippen LogP contribution is -2.21. The van der Waals surface area contributed by atoms with Crippen molar-refractivity contribution in [1.82, 2.24) is 0 Å². The average molecular weight is 391 g/mol. The Labute approximate surface area is 174 Å². The van der Waals surface area contributed by atoms with Crippen molar-refractivity contribution in [3.8, 4) is 6.07 Å². The molecule has 29 heavy (non-hydrogen) atoms. The first kappa shape index (κ1) is 22.0. The van der Waals surface area contributed by atoms with Crippen LogP contribution < -0.4 is 15.5 Å². The van der Waals surface area contributed by atoms with E-state index >= 15 is 0 Å². The maximum Gasteiger partial charge on any atom is 0.267 e. The second kappa shape index (κ2) is 9.79. The number of nitrogens with zero attached hydrogens (tertiary/aromatic N) is 2. The molecule has 0 bridgehead atoms. The molecule has 0 aliphatic heterocycles. The highest BCUT2D eigenvalue weighted by Crippen LogP contribution is 2.24. The maximum absolute atomic E-state index is 12.6. The normalized spacial score (nSPS) is 11.0. The summed E-state index contributed by atoms with van der Waals surface area (Å²) in [6.45, 7) is 14.1. The number of hydrogen-bond donors (Lipinski definition) is 2. The van der Waals surface area contributed by atoms with Crippen LogP contribution in [0.2, 0.25) is 0 Å².